The normalized spacial score (nSPS) is 15.9. The molecule has 0 radical (unpaired) electrons. The highest BCUT2D eigenvalue weighted by atomic mass is 16.5. The quantitative estimate of drug-likeness (QED) is 0.772. The molecule has 0 atom stereocenters. The Morgan fingerprint density at radius 1 is 1.38 bits per heavy atom. The summed E-state index contributed by atoms with van der Waals surface area (Å²) >= 11 is 0. The Kier molecular flexibility index (Phi) is 2.76. The van der Waals surface area contributed by atoms with Gasteiger partial charge in [-0.15, -0.1) is 0 Å². The van der Waals surface area contributed by atoms with Crippen molar-refractivity contribution in [3.05, 3.63) is 24.3 Å². The molecule has 84 valence electrons. The van der Waals surface area contributed by atoms with E-state index in [1.54, 1.807) is 31.4 Å². The van der Waals surface area contributed by atoms with Crippen molar-refractivity contribution >= 4 is 17.5 Å². The van der Waals surface area contributed by atoms with Crippen molar-refractivity contribution in [2.24, 2.45) is 0 Å². The summed E-state index contributed by atoms with van der Waals surface area (Å²) in [5, 5.41) is 2.50. The molecule has 2 rings (SSSR count). The average Bonchev–Trinajstić information content (AvgIpc) is 2.32. The zero-order chi connectivity index (χ0) is 11.5. The monoisotopic (exact) mass is 220 g/mol. The first kappa shape index (κ1) is 10.5. The average molecular weight is 220 g/mol. The molecule has 5 heteroatoms. The number of nitrogens with one attached hydrogen (secondary N) is 1. The molecule has 0 spiro atoms. The standard InChI is InChI=1S/C11H12N2O3/c1-16-9-4-2-3-8(5-9)13-7-10(14)12-6-11(13)15/h2-5H,6-7H2,1H3,(H,12,14). The van der Waals surface area contributed by atoms with Crippen molar-refractivity contribution in [3.63, 3.8) is 0 Å². The lowest BCUT2D eigenvalue weighted by atomic mass is 10.2. The van der Waals surface area contributed by atoms with Crippen LogP contribution < -0.4 is 15.0 Å². The highest BCUT2D eigenvalue weighted by molar-refractivity contribution is 6.04. The van der Waals surface area contributed by atoms with Crippen LogP contribution in [0.2, 0.25) is 0 Å². The Morgan fingerprint density at radius 3 is 2.94 bits per heavy atom. The minimum absolute atomic E-state index is 0.0516. The Bertz CT molecular complexity index is 431. The van der Waals surface area contributed by atoms with E-state index in [0.29, 0.717) is 11.4 Å². The zero-order valence-corrected chi connectivity index (χ0v) is 8.90. The van der Waals surface area contributed by atoms with Crippen LogP contribution in [0.4, 0.5) is 5.69 Å². The van der Waals surface area contributed by atoms with Crippen LogP contribution in [0.15, 0.2) is 24.3 Å². The van der Waals surface area contributed by atoms with Crippen LogP contribution in [0, 0.1) is 0 Å². The SMILES string of the molecule is COc1cccc(N2CC(=O)NCC2=O)c1. The number of rotatable bonds is 2. The molecule has 5 nitrogen and oxygen atoms in total. The molecule has 1 heterocycles. The molecular formula is C11H12N2O3. The van der Waals surface area contributed by atoms with Gasteiger partial charge in [0, 0.05) is 11.8 Å². The van der Waals surface area contributed by atoms with Gasteiger partial charge >= 0.3 is 0 Å². The van der Waals surface area contributed by atoms with E-state index in [4.69, 9.17) is 4.74 Å². The van der Waals surface area contributed by atoms with Crippen LogP contribution in [0.5, 0.6) is 5.75 Å². The number of ether oxygens (including phenoxy) is 1. The van der Waals surface area contributed by atoms with E-state index in [0.717, 1.165) is 0 Å². The molecule has 2 amide bonds. The van der Waals surface area contributed by atoms with E-state index in [1.165, 1.54) is 4.90 Å². The fourth-order valence-corrected chi connectivity index (χ4v) is 1.57. The summed E-state index contributed by atoms with van der Waals surface area (Å²) in [5.74, 6) is 0.395. The Hall–Kier alpha value is -2.04. The van der Waals surface area contributed by atoms with Gasteiger partial charge in [-0.05, 0) is 12.1 Å². The number of carbonyl (C=O) groups is 2. The summed E-state index contributed by atoms with van der Waals surface area (Å²) in [6.07, 6.45) is 0. The van der Waals surface area contributed by atoms with Crippen molar-refractivity contribution in [3.8, 4) is 5.75 Å². The third-order valence-corrected chi connectivity index (χ3v) is 2.40. The third-order valence-electron chi connectivity index (χ3n) is 2.40. The molecule has 1 fully saturated rings. The molecule has 0 aliphatic carbocycles. The largest absolute Gasteiger partial charge is 0.497 e. The Morgan fingerprint density at radius 2 is 2.19 bits per heavy atom. The summed E-state index contributed by atoms with van der Waals surface area (Å²) in [4.78, 5) is 24.3. The molecular weight excluding hydrogens is 208 g/mol. The third kappa shape index (κ3) is 1.98. The van der Waals surface area contributed by atoms with Crippen molar-refractivity contribution in [2.45, 2.75) is 0 Å². The van der Waals surface area contributed by atoms with Crippen LogP contribution in [0.1, 0.15) is 0 Å². The molecule has 0 saturated carbocycles. The molecule has 1 aliphatic rings. The summed E-state index contributed by atoms with van der Waals surface area (Å²) < 4.78 is 5.07. The van der Waals surface area contributed by atoms with E-state index in [1.807, 2.05) is 0 Å². The summed E-state index contributed by atoms with van der Waals surface area (Å²) in [5.41, 5.74) is 0.680. The number of hydrogen-bond donors (Lipinski definition) is 1. The maximum Gasteiger partial charge on any atom is 0.246 e. The topological polar surface area (TPSA) is 58.6 Å². The minimum atomic E-state index is -0.151. The van der Waals surface area contributed by atoms with E-state index >= 15 is 0 Å². The Labute approximate surface area is 93.0 Å². The maximum atomic E-state index is 11.6. The second-order valence-corrected chi connectivity index (χ2v) is 3.46. The van der Waals surface area contributed by atoms with Crippen molar-refractivity contribution in [2.75, 3.05) is 25.1 Å². The molecule has 1 aromatic carbocycles. The van der Waals surface area contributed by atoms with E-state index in [9.17, 15) is 9.59 Å². The highest BCUT2D eigenvalue weighted by Gasteiger charge is 2.24. The number of anilines is 1. The maximum absolute atomic E-state index is 11.6. The van der Waals surface area contributed by atoms with Gasteiger partial charge < -0.3 is 15.0 Å². The smallest absolute Gasteiger partial charge is 0.246 e. The summed E-state index contributed by atoms with van der Waals surface area (Å²) in [7, 11) is 1.56. The number of carbonyl (C=O) groups excluding carboxylic acids is 2. The van der Waals surface area contributed by atoms with Gasteiger partial charge in [0.2, 0.25) is 11.8 Å². The fraction of sp³-hybridized carbons (Fsp3) is 0.273. The second-order valence-electron chi connectivity index (χ2n) is 3.46. The minimum Gasteiger partial charge on any atom is -0.497 e. The Balaban J connectivity index is 2.27. The van der Waals surface area contributed by atoms with Crippen molar-refractivity contribution < 1.29 is 14.3 Å². The number of hydrogen-bond acceptors (Lipinski definition) is 3. The van der Waals surface area contributed by atoms with Crippen LogP contribution in [-0.2, 0) is 9.59 Å². The lowest BCUT2D eigenvalue weighted by Crippen LogP contribution is -2.51. The molecule has 0 aromatic heterocycles. The summed E-state index contributed by atoms with van der Waals surface area (Å²) in [6.45, 7) is 0.113. The van der Waals surface area contributed by atoms with Gasteiger partial charge in [-0.3, -0.25) is 9.59 Å². The van der Waals surface area contributed by atoms with Crippen LogP contribution >= 0.6 is 0 Å². The molecule has 1 saturated heterocycles. The number of benzene rings is 1. The predicted molar refractivity (Wildman–Crippen MR) is 58.4 cm³/mol. The highest BCUT2D eigenvalue weighted by Crippen LogP contribution is 2.21. The predicted octanol–water partition coefficient (Wildman–Crippen LogP) is 0.158. The van der Waals surface area contributed by atoms with Gasteiger partial charge in [0.05, 0.1) is 13.7 Å². The first-order chi connectivity index (χ1) is 7.70. The molecule has 0 bridgehead atoms. The fourth-order valence-electron chi connectivity index (χ4n) is 1.57. The first-order valence-electron chi connectivity index (χ1n) is 4.92. The number of piperazine rings is 1. The first-order valence-corrected chi connectivity index (χ1v) is 4.92. The number of methoxy groups -OCH3 is 1. The van der Waals surface area contributed by atoms with Gasteiger partial charge in [-0.1, -0.05) is 6.07 Å². The van der Waals surface area contributed by atoms with Crippen molar-refractivity contribution in [1.29, 1.82) is 0 Å². The lowest BCUT2D eigenvalue weighted by molar-refractivity contribution is -0.128. The molecule has 1 aromatic rings. The molecule has 1 aliphatic heterocycles. The molecule has 16 heavy (non-hydrogen) atoms. The van der Waals surface area contributed by atoms with Crippen LogP contribution in [0.3, 0.4) is 0 Å². The van der Waals surface area contributed by atoms with Gasteiger partial charge in [0.1, 0.15) is 12.3 Å². The molecule has 0 unspecified atom stereocenters. The van der Waals surface area contributed by atoms with E-state index in [-0.39, 0.29) is 24.9 Å². The van der Waals surface area contributed by atoms with Crippen LogP contribution in [-0.4, -0.2) is 32.0 Å². The van der Waals surface area contributed by atoms with Gasteiger partial charge in [0.15, 0.2) is 0 Å². The molecule has 1 N–H and O–H groups in total. The summed E-state index contributed by atoms with van der Waals surface area (Å²) in [6, 6.07) is 7.08. The van der Waals surface area contributed by atoms with Crippen molar-refractivity contribution in [1.82, 2.24) is 5.32 Å². The zero-order valence-electron chi connectivity index (χ0n) is 8.90. The number of amides is 2. The van der Waals surface area contributed by atoms with Gasteiger partial charge in [-0.25, -0.2) is 0 Å². The van der Waals surface area contributed by atoms with Crippen LogP contribution in [0.25, 0.3) is 0 Å². The van der Waals surface area contributed by atoms with Gasteiger partial charge in [-0.2, -0.15) is 0 Å². The lowest BCUT2D eigenvalue weighted by Gasteiger charge is -2.26. The van der Waals surface area contributed by atoms with E-state index in [2.05, 4.69) is 5.32 Å². The number of nitrogens with zero attached hydrogens (tertiary/aromatic N) is 1. The van der Waals surface area contributed by atoms with Gasteiger partial charge in [0.25, 0.3) is 0 Å². The second kappa shape index (κ2) is 4.22. The van der Waals surface area contributed by atoms with E-state index < -0.39 is 0 Å².